The number of nitrogens with zero attached hydrogens (tertiary/aromatic N) is 2. The maximum absolute atomic E-state index is 13.8. The number of aryl methyl sites for hydroxylation is 1. The Kier molecular flexibility index (Phi) is 6.71. The van der Waals surface area contributed by atoms with Crippen LogP contribution in [0.1, 0.15) is 38.2 Å². The Labute approximate surface area is 217 Å². The van der Waals surface area contributed by atoms with Gasteiger partial charge in [-0.25, -0.2) is 0 Å². The number of alkyl halides is 3. The largest absolute Gasteiger partial charge is 0.416 e. The number of fused-ring (bicyclic) bond motifs is 1. The summed E-state index contributed by atoms with van der Waals surface area (Å²) in [4.78, 5) is 17.2. The first-order valence-corrected chi connectivity index (χ1v) is 11.9. The molecule has 2 aromatic heterocycles. The van der Waals surface area contributed by atoms with Gasteiger partial charge < -0.3 is 9.88 Å². The van der Waals surface area contributed by atoms with Crippen LogP contribution in [0.3, 0.4) is 0 Å². The average Bonchev–Trinajstić information content (AvgIpc) is 3.41. The molecule has 5 aromatic rings. The zero-order chi connectivity index (χ0) is 26.7. The van der Waals surface area contributed by atoms with Gasteiger partial charge >= 0.3 is 6.18 Å². The van der Waals surface area contributed by atoms with Crippen LogP contribution < -0.4 is 5.32 Å². The Balaban J connectivity index is 1.40. The van der Waals surface area contributed by atoms with E-state index in [1.165, 1.54) is 12.1 Å². The third kappa shape index (κ3) is 5.45. The zero-order valence-electron chi connectivity index (χ0n) is 20.4. The van der Waals surface area contributed by atoms with Crippen molar-refractivity contribution in [3.8, 4) is 11.8 Å². The van der Waals surface area contributed by atoms with E-state index < -0.39 is 17.6 Å². The van der Waals surface area contributed by atoms with Crippen LogP contribution in [0.2, 0.25) is 0 Å². The molecule has 5 rings (SSSR count). The van der Waals surface area contributed by atoms with Crippen molar-refractivity contribution in [1.29, 1.82) is 0 Å². The molecule has 7 heteroatoms. The predicted molar refractivity (Wildman–Crippen MR) is 142 cm³/mol. The highest BCUT2D eigenvalue weighted by molar-refractivity contribution is 6.04. The first-order chi connectivity index (χ1) is 18.3. The van der Waals surface area contributed by atoms with Crippen molar-refractivity contribution < 1.29 is 18.0 Å². The topological polar surface area (TPSA) is 46.9 Å². The lowest BCUT2D eigenvalue weighted by molar-refractivity contribution is -0.138. The van der Waals surface area contributed by atoms with Crippen LogP contribution in [0.4, 0.5) is 18.9 Å². The second kappa shape index (κ2) is 10.3. The van der Waals surface area contributed by atoms with E-state index in [1.807, 2.05) is 31.2 Å². The predicted octanol–water partition coefficient (Wildman–Crippen LogP) is 7.06. The van der Waals surface area contributed by atoms with Gasteiger partial charge in [0.25, 0.3) is 5.91 Å². The summed E-state index contributed by atoms with van der Waals surface area (Å²) in [5, 5.41) is 4.55. The molecule has 0 radical (unpaired) electrons. The third-order valence-electron chi connectivity index (χ3n) is 6.19. The van der Waals surface area contributed by atoms with Gasteiger partial charge in [0.05, 0.1) is 11.1 Å². The molecule has 0 unspecified atom stereocenters. The molecule has 0 atom stereocenters. The summed E-state index contributed by atoms with van der Waals surface area (Å²) in [5.74, 6) is 5.73. The van der Waals surface area contributed by atoms with Crippen molar-refractivity contribution in [2.24, 2.45) is 0 Å². The second-order valence-electron chi connectivity index (χ2n) is 8.87. The van der Waals surface area contributed by atoms with Crippen LogP contribution in [-0.4, -0.2) is 15.5 Å². The molecular weight excluding hydrogens is 487 g/mol. The molecule has 0 aliphatic rings. The molecule has 0 aliphatic carbocycles. The number of rotatable bonds is 4. The van der Waals surface area contributed by atoms with Gasteiger partial charge in [0.2, 0.25) is 0 Å². The fraction of sp³-hybridized carbons (Fsp3) is 0.0968. The van der Waals surface area contributed by atoms with Crippen LogP contribution in [0.25, 0.3) is 10.8 Å². The normalized spacial score (nSPS) is 11.2. The molecule has 38 heavy (non-hydrogen) atoms. The fourth-order valence-electron chi connectivity index (χ4n) is 4.18. The van der Waals surface area contributed by atoms with Crippen molar-refractivity contribution in [3.05, 3.63) is 131 Å². The standard InChI is InChI=1S/C31H22F3N3O/c1-21-8-9-23(16-22(21)10-11-25-19-35-18-24-6-2-3-7-28(24)25)30(38)36-27-13-12-26(20-37-14-4-5-15-37)29(17-27)31(32,33)34/h2-9,12-19H,20H2,1H3,(H,36,38). The Morgan fingerprint density at radius 3 is 2.47 bits per heavy atom. The van der Waals surface area contributed by atoms with E-state index in [4.69, 9.17) is 0 Å². The number of anilines is 1. The van der Waals surface area contributed by atoms with Gasteiger partial charge in [0.15, 0.2) is 0 Å². The number of hydrogen-bond donors (Lipinski definition) is 1. The molecule has 0 bridgehead atoms. The number of nitrogens with one attached hydrogen (secondary N) is 1. The number of carbonyl (C=O) groups is 1. The minimum Gasteiger partial charge on any atom is -0.350 e. The third-order valence-corrected chi connectivity index (χ3v) is 6.19. The lowest BCUT2D eigenvalue weighted by atomic mass is 10.0. The lowest BCUT2D eigenvalue weighted by Gasteiger charge is -2.16. The fourth-order valence-corrected chi connectivity index (χ4v) is 4.18. The molecule has 0 aliphatic heterocycles. The molecular formula is C31H22F3N3O. The summed E-state index contributed by atoms with van der Waals surface area (Å²) in [7, 11) is 0. The lowest BCUT2D eigenvalue weighted by Crippen LogP contribution is -2.15. The van der Waals surface area contributed by atoms with E-state index in [0.29, 0.717) is 11.1 Å². The number of benzene rings is 3. The molecule has 188 valence electrons. The highest BCUT2D eigenvalue weighted by atomic mass is 19.4. The molecule has 0 spiro atoms. The number of pyridine rings is 1. The second-order valence-corrected chi connectivity index (χ2v) is 8.87. The molecule has 2 heterocycles. The average molecular weight is 510 g/mol. The number of amides is 1. The molecule has 0 fully saturated rings. The summed E-state index contributed by atoms with van der Waals surface area (Å²) in [6.07, 6.45) is 2.30. The van der Waals surface area contributed by atoms with Gasteiger partial charge in [0, 0.05) is 58.9 Å². The zero-order valence-corrected chi connectivity index (χ0v) is 20.4. The molecule has 3 aromatic carbocycles. The van der Waals surface area contributed by atoms with E-state index in [0.717, 1.165) is 28.0 Å². The number of aromatic nitrogens is 2. The van der Waals surface area contributed by atoms with Crippen LogP contribution in [0.5, 0.6) is 0 Å². The van der Waals surface area contributed by atoms with Crippen molar-refractivity contribution in [1.82, 2.24) is 9.55 Å². The van der Waals surface area contributed by atoms with Crippen LogP contribution in [-0.2, 0) is 12.7 Å². The highest BCUT2D eigenvalue weighted by Crippen LogP contribution is 2.34. The minimum absolute atomic E-state index is 0.0635. The molecule has 1 amide bonds. The minimum atomic E-state index is -4.56. The van der Waals surface area contributed by atoms with Crippen LogP contribution >= 0.6 is 0 Å². The van der Waals surface area contributed by atoms with Crippen molar-refractivity contribution >= 4 is 22.4 Å². The number of carbonyl (C=O) groups excluding carboxylic acids is 1. The quantitative estimate of drug-likeness (QED) is 0.264. The van der Waals surface area contributed by atoms with Gasteiger partial charge in [0.1, 0.15) is 0 Å². The first-order valence-electron chi connectivity index (χ1n) is 11.9. The van der Waals surface area contributed by atoms with E-state index in [2.05, 4.69) is 22.1 Å². The SMILES string of the molecule is Cc1ccc(C(=O)Nc2ccc(Cn3cccc3)c(C(F)(F)F)c2)cc1C#Cc1cncc2ccccc12. The van der Waals surface area contributed by atoms with Gasteiger partial charge in [-0.05, 0) is 54.4 Å². The smallest absolute Gasteiger partial charge is 0.350 e. The Bertz CT molecular complexity index is 1690. The van der Waals surface area contributed by atoms with Gasteiger partial charge in [-0.2, -0.15) is 13.2 Å². The van der Waals surface area contributed by atoms with Gasteiger partial charge in [-0.15, -0.1) is 0 Å². The summed E-state index contributed by atoms with van der Waals surface area (Å²) in [5.41, 5.74) is 1.96. The van der Waals surface area contributed by atoms with Gasteiger partial charge in [-0.3, -0.25) is 9.78 Å². The monoisotopic (exact) mass is 509 g/mol. The molecule has 1 N–H and O–H groups in total. The van der Waals surface area contributed by atoms with Crippen molar-refractivity contribution in [3.63, 3.8) is 0 Å². The number of hydrogen-bond acceptors (Lipinski definition) is 2. The Morgan fingerprint density at radius 1 is 0.921 bits per heavy atom. The number of halogens is 3. The highest BCUT2D eigenvalue weighted by Gasteiger charge is 2.33. The summed E-state index contributed by atoms with van der Waals surface area (Å²) in [6, 6.07) is 20.2. The first kappa shape index (κ1) is 24.8. The molecule has 0 saturated heterocycles. The summed E-state index contributed by atoms with van der Waals surface area (Å²) in [6.45, 7) is 1.95. The van der Waals surface area contributed by atoms with Crippen LogP contribution in [0, 0.1) is 18.8 Å². The summed E-state index contributed by atoms with van der Waals surface area (Å²) >= 11 is 0. The van der Waals surface area contributed by atoms with Crippen molar-refractivity contribution in [2.75, 3.05) is 5.32 Å². The maximum atomic E-state index is 13.8. The van der Waals surface area contributed by atoms with E-state index in [9.17, 15) is 18.0 Å². The molecule has 0 saturated carbocycles. The Hall–Kier alpha value is -4.83. The van der Waals surface area contributed by atoms with E-state index in [1.54, 1.807) is 59.7 Å². The summed E-state index contributed by atoms with van der Waals surface area (Å²) < 4.78 is 43.0. The van der Waals surface area contributed by atoms with Crippen molar-refractivity contribution in [2.45, 2.75) is 19.6 Å². The van der Waals surface area contributed by atoms with Crippen LogP contribution in [0.15, 0.2) is 97.6 Å². The maximum Gasteiger partial charge on any atom is 0.416 e. The van der Waals surface area contributed by atoms with E-state index in [-0.39, 0.29) is 17.8 Å². The van der Waals surface area contributed by atoms with Gasteiger partial charge in [-0.1, -0.05) is 48.2 Å². The molecule has 4 nitrogen and oxygen atoms in total. The van der Waals surface area contributed by atoms with E-state index >= 15 is 0 Å². The Morgan fingerprint density at radius 2 is 1.68 bits per heavy atom.